The molecular formula is C24H30BNO6. The summed E-state index contributed by atoms with van der Waals surface area (Å²) in [5.74, 6) is -1.61. The molecule has 0 radical (unpaired) electrons. The monoisotopic (exact) mass is 439 g/mol. The van der Waals surface area contributed by atoms with E-state index in [1.54, 1.807) is 24.3 Å². The van der Waals surface area contributed by atoms with Crippen molar-refractivity contribution in [2.75, 3.05) is 7.11 Å². The van der Waals surface area contributed by atoms with Gasteiger partial charge in [0.1, 0.15) is 6.04 Å². The maximum absolute atomic E-state index is 12.7. The van der Waals surface area contributed by atoms with Gasteiger partial charge in [0.25, 0.3) is 5.91 Å². The van der Waals surface area contributed by atoms with E-state index in [9.17, 15) is 14.7 Å². The van der Waals surface area contributed by atoms with Gasteiger partial charge < -0.3 is 24.5 Å². The molecule has 0 unspecified atom stereocenters. The maximum atomic E-state index is 12.7. The molecular weight excluding hydrogens is 409 g/mol. The number of aliphatic carboxylic acids is 1. The molecule has 3 rings (SSSR count). The van der Waals surface area contributed by atoms with Gasteiger partial charge in [0, 0.05) is 13.5 Å². The highest BCUT2D eigenvalue weighted by molar-refractivity contribution is 6.62. The standard InChI is InChI=1S/C24H30BNO6/c1-23(2)24(3,4)32-25(31-23)18-13-11-16(12-14-18)15-19(22(28)29)26-21(27)20(30-5)17-9-7-6-8-10-17/h6-14,19-20H,15H2,1-5H3,(H,26,27)(H,28,29)/t19-,20+/m1/s1. The summed E-state index contributed by atoms with van der Waals surface area (Å²) in [6.45, 7) is 7.96. The first-order valence-electron chi connectivity index (χ1n) is 10.6. The van der Waals surface area contributed by atoms with E-state index in [1.807, 2.05) is 58.0 Å². The van der Waals surface area contributed by atoms with Crippen LogP contribution in [0.5, 0.6) is 0 Å². The third kappa shape index (κ3) is 5.20. The van der Waals surface area contributed by atoms with Crippen molar-refractivity contribution in [3.63, 3.8) is 0 Å². The van der Waals surface area contributed by atoms with Gasteiger partial charge >= 0.3 is 13.1 Å². The number of hydrogen-bond donors (Lipinski definition) is 2. The molecule has 1 aliphatic rings. The number of ether oxygens (including phenoxy) is 1. The normalized spacial score (nSPS) is 18.7. The highest BCUT2D eigenvalue weighted by Gasteiger charge is 2.51. The predicted molar refractivity (Wildman–Crippen MR) is 122 cm³/mol. The smallest absolute Gasteiger partial charge is 0.480 e. The summed E-state index contributed by atoms with van der Waals surface area (Å²) < 4.78 is 17.4. The first-order chi connectivity index (χ1) is 15.0. The molecule has 0 aliphatic carbocycles. The van der Waals surface area contributed by atoms with Crippen molar-refractivity contribution in [1.29, 1.82) is 0 Å². The molecule has 1 heterocycles. The van der Waals surface area contributed by atoms with Crippen LogP contribution < -0.4 is 10.8 Å². The van der Waals surface area contributed by atoms with E-state index in [0.29, 0.717) is 5.56 Å². The van der Waals surface area contributed by atoms with Gasteiger partial charge in [-0.25, -0.2) is 4.79 Å². The molecule has 2 aromatic rings. The maximum Gasteiger partial charge on any atom is 0.494 e. The number of nitrogens with one attached hydrogen (secondary N) is 1. The van der Waals surface area contributed by atoms with Gasteiger partial charge in [-0.05, 0) is 44.3 Å². The highest BCUT2D eigenvalue weighted by Crippen LogP contribution is 2.36. The molecule has 1 saturated heterocycles. The van der Waals surface area contributed by atoms with Crippen molar-refractivity contribution in [2.24, 2.45) is 0 Å². The number of carboxylic acids is 1. The van der Waals surface area contributed by atoms with Crippen LogP contribution in [0.1, 0.15) is 44.9 Å². The van der Waals surface area contributed by atoms with Crippen LogP contribution >= 0.6 is 0 Å². The van der Waals surface area contributed by atoms with Crippen LogP contribution in [0.4, 0.5) is 0 Å². The second kappa shape index (κ2) is 9.44. The Morgan fingerprint density at radius 3 is 2.06 bits per heavy atom. The van der Waals surface area contributed by atoms with E-state index in [2.05, 4.69) is 5.32 Å². The van der Waals surface area contributed by atoms with Gasteiger partial charge in [0.05, 0.1) is 11.2 Å². The molecule has 7 nitrogen and oxygen atoms in total. The van der Waals surface area contributed by atoms with Gasteiger partial charge in [0.2, 0.25) is 0 Å². The minimum atomic E-state index is -1.11. The Morgan fingerprint density at radius 2 is 1.56 bits per heavy atom. The summed E-state index contributed by atoms with van der Waals surface area (Å²) in [5, 5.41) is 12.2. The van der Waals surface area contributed by atoms with Crippen molar-refractivity contribution in [2.45, 2.75) is 57.5 Å². The minimum Gasteiger partial charge on any atom is -0.480 e. The lowest BCUT2D eigenvalue weighted by Crippen LogP contribution is -2.44. The van der Waals surface area contributed by atoms with E-state index in [1.165, 1.54) is 7.11 Å². The van der Waals surface area contributed by atoms with E-state index in [0.717, 1.165) is 11.0 Å². The SMILES string of the molecule is CO[C@H](C(=O)N[C@H](Cc1ccc(B2OC(C)(C)C(C)(C)O2)cc1)C(=O)O)c1ccccc1. The lowest BCUT2D eigenvalue weighted by atomic mass is 9.78. The largest absolute Gasteiger partial charge is 0.494 e. The van der Waals surface area contributed by atoms with Crippen LogP contribution in [-0.4, -0.2) is 48.5 Å². The molecule has 2 aromatic carbocycles. The Kier molecular flexibility index (Phi) is 7.08. The van der Waals surface area contributed by atoms with Crippen molar-refractivity contribution in [3.8, 4) is 0 Å². The summed E-state index contributed by atoms with van der Waals surface area (Å²) in [7, 11) is 0.930. The zero-order valence-electron chi connectivity index (χ0n) is 19.1. The minimum absolute atomic E-state index is 0.135. The molecule has 0 aromatic heterocycles. The molecule has 0 spiro atoms. The van der Waals surface area contributed by atoms with E-state index < -0.39 is 42.3 Å². The second-order valence-electron chi connectivity index (χ2n) is 8.96. The third-order valence-electron chi connectivity index (χ3n) is 6.14. The quantitative estimate of drug-likeness (QED) is 0.614. The lowest BCUT2D eigenvalue weighted by molar-refractivity contribution is -0.144. The summed E-state index contributed by atoms with van der Waals surface area (Å²) in [6.07, 6.45) is -0.751. The molecule has 1 amide bonds. The van der Waals surface area contributed by atoms with Crippen LogP contribution in [0.15, 0.2) is 54.6 Å². The van der Waals surface area contributed by atoms with Crippen LogP contribution in [-0.2, 0) is 30.1 Å². The molecule has 2 N–H and O–H groups in total. The van der Waals surface area contributed by atoms with Crippen molar-refractivity contribution < 1.29 is 28.7 Å². The molecule has 8 heteroatoms. The predicted octanol–water partition coefficient (Wildman–Crippen LogP) is 2.49. The van der Waals surface area contributed by atoms with Gasteiger partial charge in [-0.1, -0.05) is 54.6 Å². The summed E-state index contributed by atoms with van der Waals surface area (Å²) >= 11 is 0. The number of rotatable bonds is 8. The summed E-state index contributed by atoms with van der Waals surface area (Å²) in [4.78, 5) is 24.5. The van der Waals surface area contributed by atoms with E-state index in [-0.39, 0.29) is 6.42 Å². The number of carbonyl (C=O) groups is 2. The molecule has 32 heavy (non-hydrogen) atoms. The van der Waals surface area contributed by atoms with Gasteiger partial charge in [-0.3, -0.25) is 4.79 Å². The first-order valence-corrected chi connectivity index (χ1v) is 10.6. The van der Waals surface area contributed by atoms with Gasteiger partial charge in [-0.15, -0.1) is 0 Å². The number of amides is 1. The van der Waals surface area contributed by atoms with Gasteiger partial charge in [0.15, 0.2) is 6.10 Å². The van der Waals surface area contributed by atoms with Crippen LogP contribution in [0.3, 0.4) is 0 Å². The molecule has 0 saturated carbocycles. The Hall–Kier alpha value is -2.68. The molecule has 0 bridgehead atoms. The van der Waals surface area contributed by atoms with Crippen LogP contribution in [0, 0.1) is 0 Å². The first kappa shape index (κ1) is 24.0. The fourth-order valence-electron chi connectivity index (χ4n) is 3.50. The van der Waals surface area contributed by atoms with E-state index in [4.69, 9.17) is 14.0 Å². The van der Waals surface area contributed by atoms with Crippen LogP contribution in [0.2, 0.25) is 0 Å². The molecule has 1 fully saturated rings. The van der Waals surface area contributed by atoms with Crippen molar-refractivity contribution in [1.82, 2.24) is 5.32 Å². The fourth-order valence-corrected chi connectivity index (χ4v) is 3.50. The molecule has 170 valence electrons. The average Bonchev–Trinajstić information content (AvgIpc) is 2.96. The zero-order chi connectivity index (χ0) is 23.5. The van der Waals surface area contributed by atoms with Crippen molar-refractivity contribution in [3.05, 3.63) is 65.7 Å². The third-order valence-corrected chi connectivity index (χ3v) is 6.14. The van der Waals surface area contributed by atoms with E-state index >= 15 is 0 Å². The number of benzene rings is 2. The summed E-state index contributed by atoms with van der Waals surface area (Å²) in [6, 6.07) is 15.2. The summed E-state index contributed by atoms with van der Waals surface area (Å²) in [5.41, 5.74) is 1.40. The number of carbonyl (C=O) groups excluding carboxylic acids is 1. The van der Waals surface area contributed by atoms with Gasteiger partial charge in [-0.2, -0.15) is 0 Å². The Balaban J connectivity index is 1.68. The van der Waals surface area contributed by atoms with Crippen molar-refractivity contribution >= 4 is 24.5 Å². The zero-order valence-corrected chi connectivity index (χ0v) is 19.1. The average molecular weight is 439 g/mol. The Labute approximate surface area is 189 Å². The number of methoxy groups -OCH3 is 1. The second-order valence-corrected chi connectivity index (χ2v) is 8.96. The number of carboxylic acid groups (broad SMARTS) is 1. The lowest BCUT2D eigenvalue weighted by Gasteiger charge is -2.32. The Bertz CT molecular complexity index is 929. The molecule has 2 atom stereocenters. The topological polar surface area (TPSA) is 94.1 Å². The fraction of sp³-hybridized carbons (Fsp3) is 0.417. The number of hydrogen-bond acceptors (Lipinski definition) is 5. The Morgan fingerprint density at radius 1 is 1.00 bits per heavy atom. The molecule has 1 aliphatic heterocycles. The van der Waals surface area contributed by atoms with Crippen LogP contribution in [0.25, 0.3) is 0 Å². The highest BCUT2D eigenvalue weighted by atomic mass is 16.7.